The summed E-state index contributed by atoms with van der Waals surface area (Å²) in [4.78, 5) is 29.6. The SMILES string of the molecule is CC(C)(C)OC(=O)Cn1c(SCc2ccc(B3OC(C)(C)C(C)(C)O3)cc2)nc(=O)c2c1CCC2. The number of esters is 1. The molecule has 188 valence electrons. The smallest absolute Gasteiger partial charge is 0.459 e. The zero-order valence-corrected chi connectivity index (χ0v) is 22.6. The van der Waals surface area contributed by atoms with Gasteiger partial charge in [-0.3, -0.25) is 9.59 Å². The van der Waals surface area contributed by atoms with Crippen molar-refractivity contribution in [2.75, 3.05) is 0 Å². The molecule has 2 aliphatic rings. The Kier molecular flexibility index (Phi) is 6.99. The van der Waals surface area contributed by atoms with Gasteiger partial charge in [0.1, 0.15) is 12.1 Å². The Morgan fingerprint density at radius 1 is 1.11 bits per heavy atom. The maximum atomic E-state index is 12.6. The van der Waals surface area contributed by atoms with E-state index < -0.39 is 12.7 Å². The molecule has 7 nitrogen and oxygen atoms in total. The summed E-state index contributed by atoms with van der Waals surface area (Å²) in [7, 11) is -0.404. The van der Waals surface area contributed by atoms with Crippen LogP contribution in [-0.4, -0.2) is 39.4 Å². The van der Waals surface area contributed by atoms with E-state index in [0.717, 1.165) is 35.1 Å². The van der Waals surface area contributed by atoms with Gasteiger partial charge in [-0.2, -0.15) is 4.98 Å². The lowest BCUT2D eigenvalue weighted by atomic mass is 9.79. The number of benzene rings is 1. The number of nitrogens with zero attached hydrogens (tertiary/aromatic N) is 2. The summed E-state index contributed by atoms with van der Waals surface area (Å²) in [6.45, 7) is 13.8. The van der Waals surface area contributed by atoms with Crippen LogP contribution in [0, 0.1) is 0 Å². The minimum atomic E-state index is -0.570. The van der Waals surface area contributed by atoms with Crippen molar-refractivity contribution < 1.29 is 18.8 Å². The van der Waals surface area contributed by atoms with Crippen LogP contribution in [0.5, 0.6) is 0 Å². The van der Waals surface area contributed by atoms with E-state index in [2.05, 4.69) is 4.98 Å². The van der Waals surface area contributed by atoms with Gasteiger partial charge in [-0.05, 0) is 78.8 Å². The average molecular weight is 498 g/mol. The number of hydrogen-bond donors (Lipinski definition) is 0. The van der Waals surface area contributed by atoms with Gasteiger partial charge < -0.3 is 18.6 Å². The molecule has 1 aliphatic carbocycles. The fraction of sp³-hybridized carbons (Fsp3) is 0.577. The number of fused-ring (bicyclic) bond motifs is 1. The van der Waals surface area contributed by atoms with Gasteiger partial charge in [0, 0.05) is 17.0 Å². The van der Waals surface area contributed by atoms with Gasteiger partial charge in [-0.25, -0.2) is 0 Å². The average Bonchev–Trinajstić information content (AvgIpc) is 3.31. The molecule has 0 spiro atoms. The van der Waals surface area contributed by atoms with Crippen LogP contribution in [0.4, 0.5) is 0 Å². The van der Waals surface area contributed by atoms with Crippen molar-refractivity contribution in [3.63, 3.8) is 0 Å². The number of hydrogen-bond acceptors (Lipinski definition) is 7. The largest absolute Gasteiger partial charge is 0.494 e. The first kappa shape index (κ1) is 26.0. The van der Waals surface area contributed by atoms with Gasteiger partial charge >= 0.3 is 13.1 Å². The number of carbonyl (C=O) groups excluding carboxylic acids is 1. The standard InChI is InChI=1S/C26H35BN2O5S/c1-24(2,3)32-21(30)15-29-20-10-8-9-19(20)22(31)28-23(29)35-16-17-11-13-18(14-12-17)27-33-25(4,5)26(6,7)34-27/h11-14H,8-10,15-16H2,1-7H3. The first-order valence-corrected chi connectivity index (χ1v) is 13.2. The van der Waals surface area contributed by atoms with Crippen molar-refractivity contribution in [1.29, 1.82) is 0 Å². The highest BCUT2D eigenvalue weighted by atomic mass is 32.2. The van der Waals surface area contributed by atoms with E-state index in [-0.39, 0.29) is 29.3 Å². The molecular formula is C26H35BN2O5S. The van der Waals surface area contributed by atoms with Crippen LogP contribution in [0.1, 0.15) is 71.7 Å². The molecule has 1 fully saturated rings. The van der Waals surface area contributed by atoms with E-state index >= 15 is 0 Å². The van der Waals surface area contributed by atoms with Crippen molar-refractivity contribution in [2.24, 2.45) is 0 Å². The van der Waals surface area contributed by atoms with Crippen molar-refractivity contribution in [2.45, 2.75) is 102 Å². The Labute approximate surface area is 212 Å². The molecule has 2 aromatic rings. The first-order chi connectivity index (χ1) is 16.3. The third kappa shape index (κ3) is 5.68. The fourth-order valence-corrected chi connectivity index (χ4v) is 5.23. The van der Waals surface area contributed by atoms with Gasteiger partial charge in [-0.15, -0.1) is 0 Å². The fourth-order valence-electron chi connectivity index (χ4n) is 4.26. The molecule has 1 aliphatic heterocycles. The molecule has 0 saturated carbocycles. The van der Waals surface area contributed by atoms with Gasteiger partial charge in [0.25, 0.3) is 5.56 Å². The molecule has 0 radical (unpaired) electrons. The predicted octanol–water partition coefficient (Wildman–Crippen LogP) is 3.67. The number of rotatable bonds is 6. The Morgan fingerprint density at radius 2 is 1.74 bits per heavy atom. The third-order valence-corrected chi connectivity index (χ3v) is 7.83. The number of thioether (sulfide) groups is 1. The molecule has 35 heavy (non-hydrogen) atoms. The maximum absolute atomic E-state index is 12.6. The number of aromatic nitrogens is 2. The Hall–Kier alpha value is -2.10. The normalized spacial score (nSPS) is 18.5. The second-order valence-electron chi connectivity index (χ2n) is 11.3. The highest BCUT2D eigenvalue weighted by molar-refractivity contribution is 7.98. The molecule has 4 rings (SSSR count). The van der Waals surface area contributed by atoms with E-state index in [0.29, 0.717) is 17.3 Å². The zero-order chi connectivity index (χ0) is 25.6. The first-order valence-electron chi connectivity index (χ1n) is 12.2. The summed E-state index contributed by atoms with van der Waals surface area (Å²) in [5.41, 5.74) is 2.16. The van der Waals surface area contributed by atoms with Crippen LogP contribution < -0.4 is 11.0 Å². The summed E-state index contributed by atoms with van der Waals surface area (Å²) < 4.78 is 19.7. The molecule has 2 heterocycles. The molecule has 0 N–H and O–H groups in total. The van der Waals surface area contributed by atoms with Gasteiger partial charge in [0.05, 0.1) is 11.2 Å². The monoisotopic (exact) mass is 498 g/mol. The third-order valence-electron chi connectivity index (χ3n) is 6.78. The Bertz CT molecular complexity index is 1150. The van der Waals surface area contributed by atoms with Crippen molar-refractivity contribution in [3.8, 4) is 0 Å². The van der Waals surface area contributed by atoms with E-state index in [9.17, 15) is 9.59 Å². The van der Waals surface area contributed by atoms with E-state index in [1.807, 2.05) is 77.3 Å². The summed E-state index contributed by atoms with van der Waals surface area (Å²) in [5, 5.41) is 0.552. The quantitative estimate of drug-likeness (QED) is 0.260. The van der Waals surface area contributed by atoms with Crippen LogP contribution in [0.15, 0.2) is 34.2 Å². The number of carbonyl (C=O) groups is 1. The van der Waals surface area contributed by atoms with Crippen LogP contribution in [0.3, 0.4) is 0 Å². The molecule has 9 heteroatoms. The molecule has 1 aromatic carbocycles. The molecule has 0 unspecified atom stereocenters. The van der Waals surface area contributed by atoms with Gasteiger partial charge in [0.15, 0.2) is 5.16 Å². The second-order valence-corrected chi connectivity index (χ2v) is 12.2. The predicted molar refractivity (Wildman–Crippen MR) is 138 cm³/mol. The summed E-state index contributed by atoms with van der Waals surface area (Å²) >= 11 is 1.46. The molecule has 0 bridgehead atoms. The van der Waals surface area contributed by atoms with Crippen molar-refractivity contribution in [1.82, 2.24) is 9.55 Å². The lowest BCUT2D eigenvalue weighted by molar-refractivity contribution is -0.155. The Morgan fingerprint density at radius 3 is 2.34 bits per heavy atom. The van der Waals surface area contributed by atoms with Gasteiger partial charge in [0.2, 0.25) is 0 Å². The minimum absolute atomic E-state index is 0.0517. The molecule has 0 amide bonds. The van der Waals surface area contributed by atoms with Crippen molar-refractivity contribution in [3.05, 3.63) is 51.4 Å². The molecule has 1 aromatic heterocycles. The lowest BCUT2D eigenvalue weighted by Gasteiger charge is -2.32. The molecule has 0 atom stereocenters. The highest BCUT2D eigenvalue weighted by Crippen LogP contribution is 2.36. The molecule has 1 saturated heterocycles. The minimum Gasteiger partial charge on any atom is -0.459 e. The summed E-state index contributed by atoms with van der Waals surface area (Å²) in [6, 6.07) is 8.11. The number of ether oxygens (including phenoxy) is 1. The van der Waals surface area contributed by atoms with Crippen LogP contribution in [-0.2, 0) is 44.0 Å². The van der Waals surface area contributed by atoms with E-state index in [1.54, 1.807) is 0 Å². The summed E-state index contributed by atoms with van der Waals surface area (Å²) in [5.74, 6) is 0.286. The van der Waals surface area contributed by atoms with Crippen LogP contribution in [0.2, 0.25) is 0 Å². The van der Waals surface area contributed by atoms with Crippen LogP contribution >= 0.6 is 11.8 Å². The Balaban J connectivity index is 1.50. The topological polar surface area (TPSA) is 79.7 Å². The van der Waals surface area contributed by atoms with E-state index in [1.165, 1.54) is 11.8 Å². The maximum Gasteiger partial charge on any atom is 0.494 e. The van der Waals surface area contributed by atoms with Gasteiger partial charge in [-0.1, -0.05) is 36.0 Å². The molecular weight excluding hydrogens is 463 g/mol. The van der Waals surface area contributed by atoms with Crippen LogP contribution in [0.25, 0.3) is 0 Å². The second kappa shape index (κ2) is 9.41. The van der Waals surface area contributed by atoms with E-state index in [4.69, 9.17) is 14.0 Å². The highest BCUT2D eigenvalue weighted by Gasteiger charge is 2.51. The lowest BCUT2D eigenvalue weighted by Crippen LogP contribution is -2.41. The van der Waals surface area contributed by atoms with Crippen molar-refractivity contribution >= 4 is 30.3 Å². The summed E-state index contributed by atoms with van der Waals surface area (Å²) in [6.07, 6.45) is 2.38. The zero-order valence-electron chi connectivity index (χ0n) is 21.8.